The fourth-order valence-electron chi connectivity index (χ4n) is 0. The minimum atomic E-state index is 0. The van der Waals surface area contributed by atoms with Crippen molar-refractivity contribution in [2.75, 3.05) is 0 Å². The van der Waals surface area contributed by atoms with Crippen molar-refractivity contribution in [2.45, 2.75) is 0 Å². The Kier molecular flexibility index (Phi) is 72.3. The molecular formula is CuGeInSe. The Balaban J connectivity index is -0.00000000500. The second kappa shape index (κ2) is 18.0. The molecule has 0 fully saturated rings. The van der Waals surface area contributed by atoms with Crippen LogP contribution in [0.1, 0.15) is 0 Å². The summed E-state index contributed by atoms with van der Waals surface area (Å²) < 4.78 is 0. The van der Waals surface area contributed by atoms with Crippen LogP contribution in [0.15, 0.2) is 0 Å². The molecule has 0 aromatic rings. The molecule has 0 rings (SSSR count). The summed E-state index contributed by atoms with van der Waals surface area (Å²) in [5.74, 6) is 0. The van der Waals surface area contributed by atoms with Gasteiger partial charge >= 0.3 is 27.7 Å². The summed E-state index contributed by atoms with van der Waals surface area (Å²) in [7, 11) is 0. The van der Waals surface area contributed by atoms with Gasteiger partial charge in [0.2, 0.25) is 0 Å². The summed E-state index contributed by atoms with van der Waals surface area (Å²) in [5, 5.41) is 0. The van der Waals surface area contributed by atoms with Gasteiger partial charge in [0.25, 0.3) is 0 Å². The van der Waals surface area contributed by atoms with Crippen LogP contribution in [0.25, 0.3) is 0 Å². The van der Waals surface area contributed by atoms with Crippen LogP contribution in [0.5, 0.6) is 0 Å². The van der Waals surface area contributed by atoms with Gasteiger partial charge in [-0.05, 0) is 0 Å². The zero-order valence-electron chi connectivity index (χ0n) is 1.79. The molecule has 4 heteroatoms. The standard InChI is InChI=1S/Cu.GeSe.In/c;1-2;. The molecule has 0 atom stereocenters. The second-order valence-corrected chi connectivity index (χ2v) is 0. The molecule has 0 heterocycles. The van der Waals surface area contributed by atoms with E-state index in [4.69, 9.17) is 0 Å². The summed E-state index contributed by atoms with van der Waals surface area (Å²) >= 11 is 4.50. The van der Waals surface area contributed by atoms with Crippen LogP contribution in [0.2, 0.25) is 0 Å². The fourth-order valence-corrected chi connectivity index (χ4v) is 0. The molecule has 0 saturated heterocycles. The van der Waals surface area contributed by atoms with Gasteiger partial charge in [-0.15, -0.1) is 0 Å². The summed E-state index contributed by atoms with van der Waals surface area (Å²) in [6, 6.07) is 0. The summed E-state index contributed by atoms with van der Waals surface area (Å²) in [6.45, 7) is 0. The molecule has 0 bridgehead atoms. The number of hydrogen-bond donors (Lipinski definition) is 0. The minimum absolute atomic E-state index is 0. The molecule has 0 amide bonds. The Morgan fingerprint density at radius 3 is 1.25 bits per heavy atom. The second-order valence-electron chi connectivity index (χ2n) is 0. The largest absolute Gasteiger partial charge is 0 e. The first kappa shape index (κ1) is 16.1. The van der Waals surface area contributed by atoms with E-state index in [1.807, 2.05) is 14.1 Å². The molecular weight excluding hydrogens is 330 g/mol. The van der Waals surface area contributed by atoms with Crippen LogP contribution in [-0.4, -0.2) is 53.5 Å². The van der Waals surface area contributed by atoms with Crippen molar-refractivity contribution in [3.63, 3.8) is 0 Å². The van der Waals surface area contributed by atoms with Gasteiger partial charge < -0.3 is 0 Å². The zero-order valence-corrected chi connectivity index (χ0v) is 9.84. The number of rotatable bonds is 0. The van der Waals surface area contributed by atoms with Crippen molar-refractivity contribution in [1.29, 1.82) is 0 Å². The van der Waals surface area contributed by atoms with Gasteiger partial charge in [-0.25, -0.2) is 0 Å². The van der Waals surface area contributed by atoms with E-state index in [0.717, 1.165) is 0 Å². The van der Waals surface area contributed by atoms with Crippen LogP contribution in [0, 0.1) is 0 Å². The van der Waals surface area contributed by atoms with Crippen molar-refractivity contribution in [3.8, 4) is 0 Å². The first-order valence-electron chi connectivity index (χ1n) is 0.204. The van der Waals surface area contributed by atoms with E-state index in [-0.39, 0.29) is 42.9 Å². The molecule has 0 aliphatic rings. The van der Waals surface area contributed by atoms with E-state index in [1.54, 1.807) is 0 Å². The Morgan fingerprint density at radius 2 is 1.25 bits per heavy atom. The molecule has 0 unspecified atom stereocenters. The Hall–Kier alpha value is 2.45. The third-order valence-corrected chi connectivity index (χ3v) is 0. The molecule has 0 saturated carbocycles. The summed E-state index contributed by atoms with van der Waals surface area (Å²) in [4.78, 5) is 0. The van der Waals surface area contributed by atoms with E-state index in [2.05, 4.69) is 13.5 Å². The quantitative estimate of drug-likeness (QED) is 0.493. The van der Waals surface area contributed by atoms with E-state index in [9.17, 15) is 0 Å². The molecule has 0 spiro atoms. The summed E-state index contributed by atoms with van der Waals surface area (Å²) in [6.07, 6.45) is 0. The fraction of sp³-hybridized carbons (Fsp3) is 0. The van der Waals surface area contributed by atoms with E-state index in [1.165, 1.54) is 0 Å². The maximum absolute atomic E-state index is 2.62. The van der Waals surface area contributed by atoms with Gasteiger partial charge in [0, 0.05) is 42.9 Å². The third-order valence-electron chi connectivity index (χ3n) is 0. The first-order chi connectivity index (χ1) is 1.00. The van der Waals surface area contributed by atoms with Crippen molar-refractivity contribution < 1.29 is 17.1 Å². The molecule has 0 aromatic heterocycles. The topological polar surface area (TPSA) is 0 Å². The van der Waals surface area contributed by atoms with E-state index >= 15 is 0 Å². The zero-order chi connectivity index (χ0) is 2.00. The van der Waals surface area contributed by atoms with Crippen LogP contribution in [-0.2, 0) is 17.1 Å². The molecule has 4 heavy (non-hydrogen) atoms. The van der Waals surface area contributed by atoms with Gasteiger partial charge in [-0.2, -0.15) is 0 Å². The van der Waals surface area contributed by atoms with Crippen LogP contribution < -0.4 is 0 Å². The Labute approximate surface area is 69.6 Å². The maximum Gasteiger partial charge on any atom is 0 e. The average molecular weight is 330 g/mol. The van der Waals surface area contributed by atoms with Gasteiger partial charge in [0.05, 0.1) is 0 Å². The molecule has 0 nitrogen and oxygen atoms in total. The first-order valence-corrected chi connectivity index (χ1v) is 5.51. The number of hydrogen-bond acceptors (Lipinski definition) is 0. The van der Waals surface area contributed by atoms with E-state index < -0.39 is 0 Å². The predicted octanol–water partition coefficient (Wildman–Crippen LogP) is -1.14. The smallest absolute Gasteiger partial charge is 0 e. The minimum Gasteiger partial charge on any atom is 0 e. The van der Waals surface area contributed by atoms with Gasteiger partial charge in [-0.1, -0.05) is 0 Å². The third kappa shape index (κ3) is 8.82. The van der Waals surface area contributed by atoms with Gasteiger partial charge in [0.1, 0.15) is 0 Å². The molecule has 0 aromatic carbocycles. The molecule has 0 N–H and O–H groups in total. The Morgan fingerprint density at radius 1 is 1.25 bits per heavy atom. The van der Waals surface area contributed by atoms with Gasteiger partial charge in [0.15, 0.2) is 0 Å². The van der Waals surface area contributed by atoms with Crippen molar-refractivity contribution in [2.24, 2.45) is 0 Å². The van der Waals surface area contributed by atoms with Crippen molar-refractivity contribution >= 4 is 53.5 Å². The molecule has 6 radical (unpaired) electrons. The van der Waals surface area contributed by atoms with Gasteiger partial charge in [-0.3, -0.25) is 0 Å². The SMILES string of the molecule is [Cu].[Ge]=[Se].[In]. The average Bonchev–Trinajstić information content (AvgIpc) is 1.00. The van der Waals surface area contributed by atoms with Crippen LogP contribution >= 0.6 is 0 Å². The Bertz CT molecular complexity index is 8.00. The van der Waals surface area contributed by atoms with Crippen molar-refractivity contribution in [1.82, 2.24) is 0 Å². The molecule has 0 aliphatic heterocycles. The normalized spacial score (nSPS) is 1.00. The van der Waals surface area contributed by atoms with Crippen molar-refractivity contribution in [3.05, 3.63) is 0 Å². The monoisotopic (exact) mass is 332 g/mol. The molecule has 0 aliphatic carbocycles. The predicted molar refractivity (Wildman–Crippen MR) is 17.3 cm³/mol. The van der Waals surface area contributed by atoms with Crippen LogP contribution in [0.3, 0.4) is 0 Å². The summed E-state index contributed by atoms with van der Waals surface area (Å²) in [5.41, 5.74) is 0. The van der Waals surface area contributed by atoms with E-state index in [0.29, 0.717) is 0 Å². The molecule has 24 valence electrons. The van der Waals surface area contributed by atoms with Crippen LogP contribution in [0.4, 0.5) is 0 Å². The maximum atomic E-state index is 2.62.